The molecule has 0 amide bonds. The van der Waals surface area contributed by atoms with Gasteiger partial charge in [0.15, 0.2) is 0 Å². The van der Waals surface area contributed by atoms with Gasteiger partial charge in [-0.15, -0.1) is 0 Å². The topological polar surface area (TPSA) is 9.72 Å². The van der Waals surface area contributed by atoms with Crippen LogP contribution in [0.4, 0.5) is 0 Å². The van der Waals surface area contributed by atoms with Gasteiger partial charge in [-0.1, -0.05) is 13.8 Å². The summed E-state index contributed by atoms with van der Waals surface area (Å²) in [7, 11) is 0. The normalized spacial score (nSPS) is 27.8. The summed E-state index contributed by atoms with van der Waals surface area (Å²) < 4.78 is 0. The Hall–Kier alpha value is -0.120. The van der Waals surface area contributed by atoms with E-state index in [0.29, 0.717) is 0 Å². The van der Waals surface area contributed by atoms with Crippen LogP contribution in [0.3, 0.4) is 0 Å². The smallest absolute Gasteiger partial charge is 0.0110 e. The maximum Gasteiger partial charge on any atom is 0.0110 e. The molecular weight excluding hydrogens is 234 g/mol. The second-order valence-corrected chi connectivity index (χ2v) is 7.24. The number of nitrogens with zero attached hydrogens (tertiary/aromatic N) is 3. The zero-order valence-corrected chi connectivity index (χ0v) is 13.4. The first kappa shape index (κ1) is 15.3. The summed E-state index contributed by atoms with van der Waals surface area (Å²) in [5.74, 6) is 1.72. The SMILES string of the molecule is CC(C)CN1CCN(C[C@H]2CCN(C(C)C)C2)CC1. The van der Waals surface area contributed by atoms with Crippen molar-refractivity contribution in [1.29, 1.82) is 0 Å². The van der Waals surface area contributed by atoms with Crippen molar-refractivity contribution >= 4 is 0 Å². The van der Waals surface area contributed by atoms with E-state index in [4.69, 9.17) is 0 Å². The second-order valence-electron chi connectivity index (χ2n) is 7.24. The van der Waals surface area contributed by atoms with Crippen molar-refractivity contribution in [2.24, 2.45) is 11.8 Å². The molecule has 2 fully saturated rings. The van der Waals surface area contributed by atoms with E-state index in [9.17, 15) is 0 Å². The van der Waals surface area contributed by atoms with E-state index in [1.54, 1.807) is 0 Å². The van der Waals surface area contributed by atoms with Crippen LogP contribution in [0.5, 0.6) is 0 Å². The standard InChI is InChI=1S/C16H33N3/c1-14(2)11-17-7-9-18(10-8-17)12-16-5-6-19(13-16)15(3)4/h14-16H,5-13H2,1-4H3/t16-/m1/s1. The average molecular weight is 267 g/mol. The lowest BCUT2D eigenvalue weighted by Gasteiger charge is -2.36. The fourth-order valence-electron chi connectivity index (χ4n) is 3.52. The molecule has 1 atom stereocenters. The van der Waals surface area contributed by atoms with Crippen LogP contribution >= 0.6 is 0 Å². The first-order chi connectivity index (χ1) is 9.04. The van der Waals surface area contributed by atoms with E-state index < -0.39 is 0 Å². The van der Waals surface area contributed by atoms with Gasteiger partial charge in [-0.2, -0.15) is 0 Å². The average Bonchev–Trinajstić information content (AvgIpc) is 2.80. The summed E-state index contributed by atoms with van der Waals surface area (Å²) in [6, 6.07) is 0.730. The maximum absolute atomic E-state index is 2.70. The van der Waals surface area contributed by atoms with Gasteiger partial charge in [0.05, 0.1) is 0 Å². The lowest BCUT2D eigenvalue weighted by Crippen LogP contribution is -2.48. The molecule has 2 saturated heterocycles. The molecule has 0 aromatic carbocycles. The van der Waals surface area contributed by atoms with Gasteiger partial charge in [-0.25, -0.2) is 0 Å². The van der Waals surface area contributed by atoms with Crippen molar-refractivity contribution in [2.75, 3.05) is 52.4 Å². The maximum atomic E-state index is 2.70. The molecule has 2 heterocycles. The van der Waals surface area contributed by atoms with Crippen molar-refractivity contribution in [3.63, 3.8) is 0 Å². The van der Waals surface area contributed by atoms with Crippen LogP contribution in [0.1, 0.15) is 34.1 Å². The quantitative estimate of drug-likeness (QED) is 0.754. The summed E-state index contributed by atoms with van der Waals surface area (Å²) in [5.41, 5.74) is 0. The van der Waals surface area contributed by atoms with Gasteiger partial charge in [0.25, 0.3) is 0 Å². The molecule has 0 spiro atoms. The summed E-state index contributed by atoms with van der Waals surface area (Å²) in [4.78, 5) is 7.97. The van der Waals surface area contributed by atoms with Crippen molar-refractivity contribution in [1.82, 2.24) is 14.7 Å². The van der Waals surface area contributed by atoms with Crippen LogP contribution in [-0.4, -0.2) is 73.1 Å². The molecule has 0 aromatic heterocycles. The van der Waals surface area contributed by atoms with E-state index in [2.05, 4.69) is 42.4 Å². The van der Waals surface area contributed by atoms with Crippen LogP contribution in [-0.2, 0) is 0 Å². The lowest BCUT2D eigenvalue weighted by atomic mass is 10.1. The molecule has 2 rings (SSSR count). The Bertz CT molecular complexity index is 257. The fourth-order valence-corrected chi connectivity index (χ4v) is 3.52. The van der Waals surface area contributed by atoms with Gasteiger partial charge in [-0.3, -0.25) is 0 Å². The van der Waals surface area contributed by atoms with Crippen molar-refractivity contribution < 1.29 is 0 Å². The van der Waals surface area contributed by atoms with Gasteiger partial charge >= 0.3 is 0 Å². The number of hydrogen-bond donors (Lipinski definition) is 0. The Balaban J connectivity index is 1.66. The van der Waals surface area contributed by atoms with E-state index in [-0.39, 0.29) is 0 Å². The summed E-state index contributed by atoms with van der Waals surface area (Å²) in [6.45, 7) is 19.7. The van der Waals surface area contributed by atoms with Gasteiger partial charge < -0.3 is 14.7 Å². The van der Waals surface area contributed by atoms with Crippen LogP contribution < -0.4 is 0 Å². The third-order valence-electron chi connectivity index (χ3n) is 4.65. The highest BCUT2D eigenvalue weighted by Crippen LogP contribution is 2.20. The molecule has 2 aliphatic heterocycles. The Morgan fingerprint density at radius 2 is 1.53 bits per heavy atom. The Morgan fingerprint density at radius 1 is 0.895 bits per heavy atom. The molecule has 3 nitrogen and oxygen atoms in total. The number of likely N-dealkylation sites (tertiary alicyclic amines) is 1. The molecule has 0 unspecified atom stereocenters. The Morgan fingerprint density at radius 3 is 2.05 bits per heavy atom. The number of rotatable bonds is 5. The highest BCUT2D eigenvalue weighted by atomic mass is 15.3. The van der Waals surface area contributed by atoms with Crippen molar-refractivity contribution in [3.05, 3.63) is 0 Å². The van der Waals surface area contributed by atoms with Gasteiger partial charge in [0.2, 0.25) is 0 Å². The van der Waals surface area contributed by atoms with Crippen LogP contribution in [0.25, 0.3) is 0 Å². The highest BCUT2D eigenvalue weighted by Gasteiger charge is 2.27. The predicted octanol–water partition coefficient (Wildman–Crippen LogP) is 1.99. The third-order valence-corrected chi connectivity index (χ3v) is 4.65. The minimum atomic E-state index is 0.730. The second kappa shape index (κ2) is 7.05. The van der Waals surface area contributed by atoms with Gasteiger partial charge in [0, 0.05) is 51.9 Å². The molecule has 0 aromatic rings. The molecule has 2 aliphatic rings. The van der Waals surface area contributed by atoms with E-state index in [0.717, 1.165) is 17.9 Å². The molecule has 19 heavy (non-hydrogen) atoms. The summed E-state index contributed by atoms with van der Waals surface area (Å²) >= 11 is 0. The van der Waals surface area contributed by atoms with E-state index in [1.165, 1.54) is 58.8 Å². The molecule has 112 valence electrons. The minimum absolute atomic E-state index is 0.730. The minimum Gasteiger partial charge on any atom is -0.301 e. The molecule has 0 saturated carbocycles. The van der Waals surface area contributed by atoms with E-state index in [1.807, 2.05) is 0 Å². The molecule has 0 aliphatic carbocycles. The van der Waals surface area contributed by atoms with Crippen molar-refractivity contribution in [2.45, 2.75) is 40.2 Å². The fraction of sp³-hybridized carbons (Fsp3) is 1.00. The van der Waals surface area contributed by atoms with Crippen molar-refractivity contribution in [3.8, 4) is 0 Å². The van der Waals surface area contributed by atoms with Crippen LogP contribution in [0, 0.1) is 11.8 Å². The summed E-state index contributed by atoms with van der Waals surface area (Å²) in [5, 5.41) is 0. The monoisotopic (exact) mass is 267 g/mol. The van der Waals surface area contributed by atoms with Gasteiger partial charge in [0.1, 0.15) is 0 Å². The zero-order valence-electron chi connectivity index (χ0n) is 13.4. The molecular formula is C16H33N3. The molecule has 3 heteroatoms. The number of hydrogen-bond acceptors (Lipinski definition) is 3. The Labute approximate surface area is 119 Å². The molecule has 0 radical (unpaired) electrons. The third kappa shape index (κ3) is 4.73. The number of piperazine rings is 1. The first-order valence-electron chi connectivity index (χ1n) is 8.23. The zero-order chi connectivity index (χ0) is 13.8. The first-order valence-corrected chi connectivity index (χ1v) is 8.23. The lowest BCUT2D eigenvalue weighted by molar-refractivity contribution is 0.109. The Kier molecular flexibility index (Phi) is 5.67. The predicted molar refractivity (Wildman–Crippen MR) is 82.5 cm³/mol. The van der Waals surface area contributed by atoms with Crippen LogP contribution in [0.2, 0.25) is 0 Å². The molecule has 0 N–H and O–H groups in total. The van der Waals surface area contributed by atoms with Gasteiger partial charge in [-0.05, 0) is 38.6 Å². The van der Waals surface area contributed by atoms with E-state index >= 15 is 0 Å². The molecule has 0 bridgehead atoms. The largest absolute Gasteiger partial charge is 0.301 e. The highest BCUT2D eigenvalue weighted by molar-refractivity contribution is 4.82. The summed E-state index contributed by atoms with van der Waals surface area (Å²) in [6.07, 6.45) is 1.41. The van der Waals surface area contributed by atoms with Crippen LogP contribution in [0.15, 0.2) is 0 Å².